The maximum atomic E-state index is 11.1. The summed E-state index contributed by atoms with van der Waals surface area (Å²) in [6, 6.07) is 0. The van der Waals surface area contributed by atoms with Crippen LogP contribution in [0.15, 0.2) is 0 Å². The molecule has 0 radical (unpaired) electrons. The summed E-state index contributed by atoms with van der Waals surface area (Å²) in [6.45, 7) is 7.32. The molecule has 0 saturated heterocycles. The highest BCUT2D eigenvalue weighted by molar-refractivity contribution is 5.88. The fraction of sp³-hybridized carbons (Fsp3) is 0.636. The Morgan fingerprint density at radius 2 is 1.88 bits per heavy atom. The highest BCUT2D eigenvalue weighted by atomic mass is 16.5. The van der Waals surface area contributed by atoms with Gasteiger partial charge in [-0.05, 0) is 33.6 Å². The SMILES string of the molecule is CCOC(=O)C#CCOC(=O)NC(C)(C)C. The van der Waals surface area contributed by atoms with Crippen LogP contribution in [0.2, 0.25) is 0 Å². The second-order valence-corrected chi connectivity index (χ2v) is 3.97. The third kappa shape index (κ3) is 8.88. The van der Waals surface area contributed by atoms with Crippen molar-refractivity contribution in [1.82, 2.24) is 5.32 Å². The lowest BCUT2D eigenvalue weighted by Crippen LogP contribution is -2.40. The molecule has 0 rings (SSSR count). The van der Waals surface area contributed by atoms with Crippen molar-refractivity contribution in [1.29, 1.82) is 0 Å². The molecule has 0 aromatic rings. The first kappa shape index (κ1) is 14.3. The molecule has 0 atom stereocenters. The summed E-state index contributed by atoms with van der Waals surface area (Å²) in [5.74, 6) is 3.94. The van der Waals surface area contributed by atoms with Gasteiger partial charge in [0.05, 0.1) is 6.61 Å². The van der Waals surface area contributed by atoms with E-state index in [1.807, 2.05) is 20.8 Å². The molecule has 0 unspecified atom stereocenters. The summed E-state index contributed by atoms with van der Waals surface area (Å²) in [6.07, 6.45) is -0.564. The number of ether oxygens (including phenoxy) is 2. The maximum Gasteiger partial charge on any atom is 0.408 e. The van der Waals surface area contributed by atoms with Gasteiger partial charge in [0.25, 0.3) is 0 Å². The fourth-order valence-corrected chi connectivity index (χ4v) is 0.719. The van der Waals surface area contributed by atoms with E-state index in [0.717, 1.165) is 0 Å². The number of carbonyl (C=O) groups excluding carboxylic acids is 2. The minimum atomic E-state index is -0.623. The Morgan fingerprint density at radius 1 is 1.25 bits per heavy atom. The molecule has 5 nitrogen and oxygen atoms in total. The molecule has 0 aliphatic carbocycles. The van der Waals surface area contributed by atoms with Crippen LogP contribution in [0.4, 0.5) is 4.79 Å². The maximum absolute atomic E-state index is 11.1. The molecular weight excluding hydrogens is 210 g/mol. The van der Waals surface area contributed by atoms with Crippen molar-refractivity contribution >= 4 is 12.1 Å². The number of alkyl carbamates (subject to hydrolysis) is 1. The van der Waals surface area contributed by atoms with Gasteiger partial charge in [0, 0.05) is 11.5 Å². The lowest BCUT2D eigenvalue weighted by molar-refractivity contribution is -0.136. The molecule has 0 aliphatic rings. The zero-order valence-corrected chi connectivity index (χ0v) is 10.0. The summed E-state index contributed by atoms with van der Waals surface area (Å²) in [5, 5.41) is 2.59. The van der Waals surface area contributed by atoms with E-state index in [1.54, 1.807) is 6.92 Å². The molecule has 0 spiro atoms. The summed E-state index contributed by atoms with van der Waals surface area (Å²) in [7, 11) is 0. The standard InChI is InChI=1S/C11H17NO4/c1-5-15-9(13)7-6-8-16-10(14)12-11(2,3)4/h5,8H2,1-4H3,(H,12,14). The predicted octanol–water partition coefficient (Wildman–Crippen LogP) is 1.08. The summed E-state index contributed by atoms with van der Waals surface area (Å²) in [5.41, 5.74) is -0.356. The molecule has 16 heavy (non-hydrogen) atoms. The van der Waals surface area contributed by atoms with Crippen molar-refractivity contribution < 1.29 is 19.1 Å². The monoisotopic (exact) mass is 227 g/mol. The summed E-state index contributed by atoms with van der Waals surface area (Å²) < 4.78 is 9.28. The lowest BCUT2D eigenvalue weighted by atomic mass is 10.1. The molecule has 0 heterocycles. The molecule has 0 bridgehead atoms. The highest BCUT2D eigenvalue weighted by Gasteiger charge is 2.13. The van der Waals surface area contributed by atoms with Crippen LogP contribution in [0, 0.1) is 11.8 Å². The van der Waals surface area contributed by atoms with Gasteiger partial charge in [0.1, 0.15) is 0 Å². The number of carbonyl (C=O) groups is 2. The quantitative estimate of drug-likeness (QED) is 0.435. The van der Waals surface area contributed by atoms with Gasteiger partial charge in [-0.25, -0.2) is 9.59 Å². The first-order valence-corrected chi connectivity index (χ1v) is 4.95. The summed E-state index contributed by atoms with van der Waals surface area (Å²) >= 11 is 0. The third-order valence-corrected chi connectivity index (χ3v) is 1.22. The van der Waals surface area contributed by atoms with E-state index in [2.05, 4.69) is 21.9 Å². The lowest BCUT2D eigenvalue weighted by Gasteiger charge is -2.19. The zero-order chi connectivity index (χ0) is 12.6. The van der Waals surface area contributed by atoms with Gasteiger partial charge in [0.2, 0.25) is 0 Å². The average molecular weight is 227 g/mol. The number of rotatable bonds is 2. The Morgan fingerprint density at radius 3 is 2.38 bits per heavy atom. The van der Waals surface area contributed by atoms with Gasteiger partial charge in [-0.2, -0.15) is 0 Å². The predicted molar refractivity (Wildman–Crippen MR) is 58.6 cm³/mol. The van der Waals surface area contributed by atoms with Crippen molar-refractivity contribution in [2.75, 3.05) is 13.2 Å². The molecule has 0 fully saturated rings. The highest BCUT2D eigenvalue weighted by Crippen LogP contribution is 1.98. The van der Waals surface area contributed by atoms with Crippen molar-refractivity contribution in [2.24, 2.45) is 0 Å². The van der Waals surface area contributed by atoms with Crippen LogP contribution in [0.1, 0.15) is 27.7 Å². The van der Waals surface area contributed by atoms with Crippen LogP contribution in [0.3, 0.4) is 0 Å². The van der Waals surface area contributed by atoms with Crippen molar-refractivity contribution in [3.8, 4) is 11.8 Å². The van der Waals surface area contributed by atoms with Crippen molar-refractivity contribution in [3.05, 3.63) is 0 Å². The zero-order valence-electron chi connectivity index (χ0n) is 10.0. The Balaban J connectivity index is 3.82. The van der Waals surface area contributed by atoms with E-state index in [9.17, 15) is 9.59 Å². The Kier molecular flexibility index (Phi) is 6.01. The van der Waals surface area contributed by atoms with Crippen LogP contribution in [0.5, 0.6) is 0 Å². The Bertz CT molecular complexity index is 306. The molecule has 0 saturated carbocycles. The van der Waals surface area contributed by atoms with Crippen LogP contribution < -0.4 is 5.32 Å². The first-order chi connectivity index (χ1) is 7.35. The minimum Gasteiger partial charge on any atom is -0.456 e. The topological polar surface area (TPSA) is 64.6 Å². The molecule has 0 aromatic heterocycles. The second kappa shape index (κ2) is 6.72. The van der Waals surface area contributed by atoms with Crippen molar-refractivity contribution in [2.45, 2.75) is 33.2 Å². The second-order valence-electron chi connectivity index (χ2n) is 3.97. The Labute approximate surface area is 95.5 Å². The van der Waals surface area contributed by atoms with Gasteiger partial charge >= 0.3 is 12.1 Å². The Hall–Kier alpha value is -1.70. The van der Waals surface area contributed by atoms with Gasteiger partial charge in [0.15, 0.2) is 6.61 Å². The molecule has 0 aliphatic heterocycles. The number of nitrogens with one attached hydrogen (secondary N) is 1. The van der Waals surface area contributed by atoms with E-state index >= 15 is 0 Å². The number of hydrogen-bond acceptors (Lipinski definition) is 4. The summed E-state index contributed by atoms with van der Waals surface area (Å²) in [4.78, 5) is 21.9. The number of amides is 1. The largest absolute Gasteiger partial charge is 0.456 e. The van der Waals surface area contributed by atoms with Gasteiger partial charge in [-0.1, -0.05) is 0 Å². The smallest absolute Gasteiger partial charge is 0.408 e. The van der Waals surface area contributed by atoms with Crippen molar-refractivity contribution in [3.63, 3.8) is 0 Å². The molecular formula is C11H17NO4. The van der Waals surface area contributed by atoms with E-state index in [4.69, 9.17) is 4.74 Å². The van der Waals surface area contributed by atoms with Crippen LogP contribution in [-0.4, -0.2) is 30.8 Å². The fourth-order valence-electron chi connectivity index (χ4n) is 0.719. The van der Waals surface area contributed by atoms with E-state index in [0.29, 0.717) is 0 Å². The van der Waals surface area contributed by atoms with E-state index in [-0.39, 0.29) is 18.8 Å². The van der Waals surface area contributed by atoms with Gasteiger partial charge < -0.3 is 14.8 Å². The molecule has 90 valence electrons. The molecule has 0 aromatic carbocycles. The normalized spacial score (nSPS) is 9.75. The third-order valence-electron chi connectivity index (χ3n) is 1.22. The van der Waals surface area contributed by atoms with Gasteiger partial charge in [-0.15, -0.1) is 0 Å². The van der Waals surface area contributed by atoms with E-state index in [1.165, 1.54) is 0 Å². The van der Waals surface area contributed by atoms with Crippen LogP contribution >= 0.6 is 0 Å². The van der Waals surface area contributed by atoms with Crippen LogP contribution in [-0.2, 0) is 14.3 Å². The number of esters is 1. The van der Waals surface area contributed by atoms with Gasteiger partial charge in [-0.3, -0.25) is 0 Å². The molecule has 1 N–H and O–H groups in total. The van der Waals surface area contributed by atoms with Crippen LogP contribution in [0.25, 0.3) is 0 Å². The molecule has 5 heteroatoms. The average Bonchev–Trinajstić information content (AvgIpc) is 2.10. The first-order valence-electron chi connectivity index (χ1n) is 4.95. The van der Waals surface area contributed by atoms with E-state index < -0.39 is 12.1 Å². The minimum absolute atomic E-state index is 0.138. The number of hydrogen-bond donors (Lipinski definition) is 1. The molecule has 1 amide bonds.